The highest BCUT2D eigenvalue weighted by Crippen LogP contribution is 2.48. The molecule has 0 fully saturated rings. The molecule has 0 saturated carbocycles. The molecule has 1 aliphatic heterocycles. The molecule has 0 amide bonds. The van der Waals surface area contributed by atoms with Gasteiger partial charge < -0.3 is 23.9 Å². The highest BCUT2D eigenvalue weighted by molar-refractivity contribution is 5.87. The standard InChI is InChI=1S/C28H30N2O5/c1-15-9-19(10-16(2)28(15)32)26-21(14-29)27-20-13-24(34-5)23(33-4)12-18(20)11-17(3)30(27)22(26)7-8-25(31)35-6/h9-10,12-13,17,32H,7-8,11H2,1-6H3. The Morgan fingerprint density at radius 1 is 1.11 bits per heavy atom. The van der Waals surface area contributed by atoms with Gasteiger partial charge in [0.2, 0.25) is 0 Å². The number of benzene rings is 2. The maximum Gasteiger partial charge on any atom is 0.305 e. The summed E-state index contributed by atoms with van der Waals surface area (Å²) in [6.45, 7) is 5.80. The van der Waals surface area contributed by atoms with Gasteiger partial charge in [-0.1, -0.05) is 0 Å². The second kappa shape index (κ2) is 9.38. The first-order valence-corrected chi connectivity index (χ1v) is 11.5. The molecular weight excluding hydrogens is 444 g/mol. The number of phenols is 1. The topological polar surface area (TPSA) is 93.7 Å². The van der Waals surface area contributed by atoms with Crippen molar-refractivity contribution in [2.24, 2.45) is 0 Å². The fraction of sp³-hybridized carbons (Fsp3) is 0.357. The number of hydrogen-bond acceptors (Lipinski definition) is 6. The van der Waals surface area contributed by atoms with Crippen LogP contribution < -0.4 is 9.47 Å². The van der Waals surface area contributed by atoms with Crippen LogP contribution in [-0.4, -0.2) is 37.0 Å². The summed E-state index contributed by atoms with van der Waals surface area (Å²) in [5.74, 6) is 1.17. The van der Waals surface area contributed by atoms with Crippen molar-refractivity contribution in [3.8, 4) is 45.7 Å². The Hall–Kier alpha value is -3.92. The maximum absolute atomic E-state index is 12.1. The van der Waals surface area contributed by atoms with Crippen molar-refractivity contribution in [1.29, 1.82) is 5.26 Å². The first kappa shape index (κ1) is 24.2. The number of ether oxygens (including phenoxy) is 3. The van der Waals surface area contributed by atoms with E-state index in [1.807, 2.05) is 38.1 Å². The number of nitrogens with zero attached hydrogens (tertiary/aromatic N) is 2. The van der Waals surface area contributed by atoms with E-state index >= 15 is 0 Å². The molecule has 0 spiro atoms. The zero-order valence-electron chi connectivity index (χ0n) is 21.0. The van der Waals surface area contributed by atoms with E-state index in [-0.39, 0.29) is 24.2 Å². The molecule has 3 aromatic rings. The number of carbonyl (C=O) groups excluding carboxylic acids is 1. The minimum Gasteiger partial charge on any atom is -0.507 e. The van der Waals surface area contributed by atoms with E-state index in [2.05, 4.69) is 17.6 Å². The predicted octanol–water partition coefficient (Wildman–Crippen LogP) is 5.26. The van der Waals surface area contributed by atoms with Gasteiger partial charge >= 0.3 is 5.97 Å². The van der Waals surface area contributed by atoms with Gasteiger partial charge in [0.05, 0.1) is 39.0 Å². The fourth-order valence-corrected chi connectivity index (χ4v) is 5.20. The van der Waals surface area contributed by atoms with Crippen molar-refractivity contribution in [3.05, 3.63) is 52.2 Å². The summed E-state index contributed by atoms with van der Waals surface area (Å²) in [5.41, 5.74) is 7.31. The SMILES string of the molecule is COC(=O)CCc1c(-c2cc(C)c(O)c(C)c2)c(C#N)c2n1C(C)Cc1cc(OC)c(OC)cc1-2. The normalized spacial score (nSPS) is 14.0. The van der Waals surface area contributed by atoms with Gasteiger partial charge in [-0.3, -0.25) is 4.79 Å². The van der Waals surface area contributed by atoms with Crippen molar-refractivity contribution in [1.82, 2.24) is 4.57 Å². The van der Waals surface area contributed by atoms with Gasteiger partial charge in [-0.2, -0.15) is 5.26 Å². The Labute approximate surface area is 205 Å². The van der Waals surface area contributed by atoms with Crippen LogP contribution in [0.1, 0.15) is 47.3 Å². The van der Waals surface area contributed by atoms with E-state index in [1.165, 1.54) is 7.11 Å². The average Bonchev–Trinajstić information content (AvgIpc) is 3.19. The van der Waals surface area contributed by atoms with Gasteiger partial charge in [-0.25, -0.2) is 0 Å². The Morgan fingerprint density at radius 3 is 2.31 bits per heavy atom. The van der Waals surface area contributed by atoms with Crippen LogP contribution in [0.3, 0.4) is 0 Å². The lowest BCUT2D eigenvalue weighted by Gasteiger charge is -2.29. The summed E-state index contributed by atoms with van der Waals surface area (Å²) in [4.78, 5) is 12.1. The van der Waals surface area contributed by atoms with Crippen LogP contribution in [-0.2, 0) is 22.4 Å². The smallest absolute Gasteiger partial charge is 0.305 e. The third kappa shape index (κ3) is 3.99. The molecule has 1 atom stereocenters. The number of phenolic OH excluding ortho intramolecular Hbond substituents is 1. The second-order valence-electron chi connectivity index (χ2n) is 8.98. The van der Waals surface area contributed by atoms with Crippen LogP contribution in [0.4, 0.5) is 0 Å². The monoisotopic (exact) mass is 474 g/mol. The Morgan fingerprint density at radius 2 is 1.74 bits per heavy atom. The number of aromatic hydroxyl groups is 1. The van der Waals surface area contributed by atoms with E-state index in [9.17, 15) is 15.2 Å². The van der Waals surface area contributed by atoms with Gasteiger partial charge in [-0.05, 0) is 80.1 Å². The highest BCUT2D eigenvalue weighted by atomic mass is 16.5. The van der Waals surface area contributed by atoms with E-state index in [1.54, 1.807) is 14.2 Å². The lowest BCUT2D eigenvalue weighted by molar-refractivity contribution is -0.140. The van der Waals surface area contributed by atoms with Crippen molar-refractivity contribution in [3.63, 3.8) is 0 Å². The van der Waals surface area contributed by atoms with E-state index in [0.29, 0.717) is 23.5 Å². The van der Waals surface area contributed by atoms with Crippen LogP contribution in [0.2, 0.25) is 0 Å². The summed E-state index contributed by atoms with van der Waals surface area (Å²) in [5, 5.41) is 20.8. The molecule has 182 valence electrons. The molecule has 35 heavy (non-hydrogen) atoms. The van der Waals surface area contributed by atoms with Gasteiger partial charge in [0.25, 0.3) is 0 Å². The number of aromatic nitrogens is 1. The second-order valence-corrected chi connectivity index (χ2v) is 8.98. The number of methoxy groups -OCH3 is 3. The highest BCUT2D eigenvalue weighted by Gasteiger charge is 2.33. The summed E-state index contributed by atoms with van der Waals surface area (Å²) in [6.07, 6.45) is 1.35. The van der Waals surface area contributed by atoms with Crippen molar-refractivity contribution >= 4 is 5.97 Å². The van der Waals surface area contributed by atoms with Gasteiger partial charge in [0, 0.05) is 22.9 Å². The number of fused-ring (bicyclic) bond motifs is 3. The largest absolute Gasteiger partial charge is 0.507 e. The quantitative estimate of drug-likeness (QED) is 0.490. The van der Waals surface area contributed by atoms with Crippen molar-refractivity contribution in [2.75, 3.05) is 21.3 Å². The van der Waals surface area contributed by atoms with Crippen LogP contribution in [0, 0.1) is 25.2 Å². The first-order chi connectivity index (χ1) is 16.7. The minimum atomic E-state index is -0.307. The Bertz CT molecular complexity index is 1340. The third-order valence-electron chi connectivity index (χ3n) is 6.81. The molecular formula is C28H30N2O5. The van der Waals surface area contributed by atoms with Crippen molar-refractivity contribution < 1.29 is 24.1 Å². The number of hydrogen-bond donors (Lipinski definition) is 1. The Balaban J connectivity index is 2.07. The number of nitriles is 1. The zero-order chi connectivity index (χ0) is 25.4. The number of esters is 1. The summed E-state index contributed by atoms with van der Waals surface area (Å²) < 4.78 is 18.2. The average molecular weight is 475 g/mol. The summed E-state index contributed by atoms with van der Waals surface area (Å²) >= 11 is 0. The molecule has 7 heteroatoms. The lowest BCUT2D eigenvalue weighted by Crippen LogP contribution is -2.19. The molecule has 7 nitrogen and oxygen atoms in total. The zero-order valence-corrected chi connectivity index (χ0v) is 21.0. The molecule has 0 bridgehead atoms. The summed E-state index contributed by atoms with van der Waals surface area (Å²) in [6, 6.07) is 10.2. The van der Waals surface area contributed by atoms with Crippen LogP contribution in [0.5, 0.6) is 17.2 Å². The number of rotatable bonds is 6. The van der Waals surface area contributed by atoms with Crippen LogP contribution in [0.25, 0.3) is 22.4 Å². The van der Waals surface area contributed by atoms with E-state index in [4.69, 9.17) is 14.2 Å². The molecule has 0 aliphatic carbocycles. The molecule has 4 rings (SSSR count). The molecule has 0 radical (unpaired) electrons. The minimum absolute atomic E-state index is 0.0448. The molecule has 1 aromatic heterocycles. The van der Waals surface area contributed by atoms with Crippen LogP contribution in [0.15, 0.2) is 24.3 Å². The van der Waals surface area contributed by atoms with E-state index in [0.717, 1.165) is 51.2 Å². The molecule has 1 unspecified atom stereocenters. The number of aryl methyl sites for hydroxylation is 2. The van der Waals surface area contributed by atoms with Gasteiger partial charge in [0.1, 0.15) is 11.8 Å². The lowest BCUT2D eigenvalue weighted by atomic mass is 9.91. The molecule has 2 heterocycles. The van der Waals surface area contributed by atoms with Gasteiger partial charge in [0.15, 0.2) is 11.5 Å². The number of carbonyl (C=O) groups is 1. The first-order valence-electron chi connectivity index (χ1n) is 11.5. The molecule has 0 saturated heterocycles. The maximum atomic E-state index is 12.1. The van der Waals surface area contributed by atoms with Crippen LogP contribution >= 0.6 is 0 Å². The molecule has 2 aromatic carbocycles. The predicted molar refractivity (Wildman–Crippen MR) is 133 cm³/mol. The molecule has 1 aliphatic rings. The fourth-order valence-electron chi connectivity index (χ4n) is 5.20. The van der Waals surface area contributed by atoms with Crippen molar-refractivity contribution in [2.45, 2.75) is 46.1 Å². The third-order valence-corrected chi connectivity index (χ3v) is 6.81. The molecule has 1 N–H and O–H groups in total. The van der Waals surface area contributed by atoms with Gasteiger partial charge in [-0.15, -0.1) is 0 Å². The summed E-state index contributed by atoms with van der Waals surface area (Å²) in [7, 11) is 4.58. The Kier molecular flexibility index (Phi) is 6.49. The van der Waals surface area contributed by atoms with E-state index < -0.39 is 0 Å².